The summed E-state index contributed by atoms with van der Waals surface area (Å²) in [4.78, 5) is 12.0. The van der Waals surface area contributed by atoms with Crippen LogP contribution in [0.2, 0.25) is 0 Å². The Kier molecular flexibility index (Phi) is 3.19. The van der Waals surface area contributed by atoms with Crippen molar-refractivity contribution < 1.29 is 9.53 Å². The van der Waals surface area contributed by atoms with Gasteiger partial charge in [-0.25, -0.2) is 0 Å². The molecule has 0 aliphatic heterocycles. The van der Waals surface area contributed by atoms with Crippen molar-refractivity contribution in [3.05, 3.63) is 7.11 Å². The molecule has 3 nitrogen and oxygen atoms in total. The van der Waals surface area contributed by atoms with Crippen LogP contribution in [0.15, 0.2) is 0 Å². The lowest BCUT2D eigenvalue weighted by Gasteiger charge is -2.05. The largest absolute Gasteiger partial charge is 0.461 e. The first-order valence-corrected chi connectivity index (χ1v) is 2.26. The maximum absolute atomic E-state index is 10.3. The van der Waals surface area contributed by atoms with E-state index >= 15 is 0 Å². The third-order valence-electron chi connectivity index (χ3n) is 0.606. The van der Waals surface area contributed by atoms with Crippen LogP contribution in [0.3, 0.4) is 0 Å². The van der Waals surface area contributed by atoms with E-state index in [4.69, 9.17) is 0 Å². The van der Waals surface area contributed by atoms with E-state index in [1.54, 1.807) is 19.0 Å². The van der Waals surface area contributed by atoms with Crippen molar-refractivity contribution in [1.29, 1.82) is 0 Å². The summed E-state index contributed by atoms with van der Waals surface area (Å²) in [6.45, 7) is 0.295. The highest BCUT2D eigenvalue weighted by molar-refractivity contribution is 5.71. The van der Waals surface area contributed by atoms with Gasteiger partial charge >= 0.3 is 5.97 Å². The number of ether oxygens (including phenoxy) is 1. The van der Waals surface area contributed by atoms with Crippen molar-refractivity contribution in [1.82, 2.24) is 4.90 Å². The summed E-state index contributed by atoms with van der Waals surface area (Å²) in [5.74, 6) is -0.310. The van der Waals surface area contributed by atoms with Crippen molar-refractivity contribution in [2.24, 2.45) is 0 Å². The smallest absolute Gasteiger partial charge is 0.320 e. The molecule has 0 saturated carbocycles. The van der Waals surface area contributed by atoms with Gasteiger partial charge in [-0.1, -0.05) is 0 Å². The summed E-state index contributed by atoms with van der Waals surface area (Å²) < 4.78 is 4.13. The van der Waals surface area contributed by atoms with Crippen LogP contribution in [0.5, 0.6) is 0 Å². The molecule has 47 valence electrons. The Balaban J connectivity index is 3.25. The number of carbonyl (C=O) groups is 1. The Morgan fingerprint density at radius 1 is 1.75 bits per heavy atom. The van der Waals surface area contributed by atoms with E-state index < -0.39 is 0 Å². The summed E-state index contributed by atoms with van der Waals surface area (Å²) in [6.07, 6.45) is 0. The fourth-order valence-electron chi connectivity index (χ4n) is 0.304. The van der Waals surface area contributed by atoms with E-state index in [2.05, 4.69) is 11.8 Å². The summed E-state index contributed by atoms with van der Waals surface area (Å²) in [5, 5.41) is 0. The normalized spacial score (nSPS) is 9.50. The van der Waals surface area contributed by atoms with Crippen LogP contribution in [-0.2, 0) is 9.53 Å². The molecule has 0 fully saturated rings. The zero-order chi connectivity index (χ0) is 6.57. The minimum absolute atomic E-state index is 0.295. The van der Waals surface area contributed by atoms with Gasteiger partial charge in [0.1, 0.15) is 7.11 Å². The first-order chi connectivity index (χ1) is 3.66. The predicted octanol–water partition coefficient (Wildman–Crippen LogP) is -0.117. The van der Waals surface area contributed by atoms with Crippen LogP contribution >= 0.6 is 0 Å². The predicted molar refractivity (Wildman–Crippen MR) is 30.0 cm³/mol. The zero-order valence-electron chi connectivity index (χ0n) is 5.18. The van der Waals surface area contributed by atoms with Gasteiger partial charge in [0.25, 0.3) is 0 Å². The molecule has 1 radical (unpaired) electrons. The highest BCUT2D eigenvalue weighted by Crippen LogP contribution is 1.77. The Bertz CT molecular complexity index is 80.5. The second-order valence-electron chi connectivity index (χ2n) is 1.75. The monoisotopic (exact) mass is 116 g/mol. The molecule has 0 aromatic carbocycles. The SMILES string of the molecule is [CH2]OC(=O)CN(C)C. The van der Waals surface area contributed by atoms with Gasteiger partial charge in [0.2, 0.25) is 0 Å². The van der Waals surface area contributed by atoms with Crippen molar-refractivity contribution in [3.63, 3.8) is 0 Å². The van der Waals surface area contributed by atoms with Gasteiger partial charge in [-0.2, -0.15) is 0 Å². The molecule has 0 amide bonds. The lowest BCUT2D eigenvalue weighted by atomic mass is 10.6. The molecule has 0 aliphatic rings. The molecule has 0 aromatic rings. The maximum Gasteiger partial charge on any atom is 0.320 e. The van der Waals surface area contributed by atoms with Crippen LogP contribution in [0.25, 0.3) is 0 Å². The van der Waals surface area contributed by atoms with E-state index in [0.717, 1.165) is 0 Å². The van der Waals surface area contributed by atoms with Gasteiger partial charge in [0.15, 0.2) is 0 Å². The minimum atomic E-state index is -0.310. The number of nitrogens with zero attached hydrogens (tertiary/aromatic N) is 1. The van der Waals surface area contributed by atoms with E-state index in [1.807, 2.05) is 0 Å². The Hall–Kier alpha value is -0.570. The Morgan fingerprint density at radius 3 is 2.38 bits per heavy atom. The molecule has 0 bridgehead atoms. The number of hydrogen-bond acceptors (Lipinski definition) is 3. The molecular weight excluding hydrogens is 106 g/mol. The molecular formula is C5H10NO2. The fraction of sp³-hybridized carbons (Fsp3) is 0.600. The van der Waals surface area contributed by atoms with E-state index in [1.165, 1.54) is 0 Å². The van der Waals surface area contributed by atoms with Crippen LogP contribution in [0.1, 0.15) is 0 Å². The average molecular weight is 116 g/mol. The molecule has 0 heterocycles. The van der Waals surface area contributed by atoms with E-state index in [9.17, 15) is 4.79 Å². The van der Waals surface area contributed by atoms with Gasteiger partial charge in [0.05, 0.1) is 6.54 Å². The van der Waals surface area contributed by atoms with Crippen LogP contribution in [0.4, 0.5) is 0 Å². The van der Waals surface area contributed by atoms with Crippen molar-refractivity contribution >= 4 is 5.97 Å². The fourth-order valence-corrected chi connectivity index (χ4v) is 0.304. The Labute approximate surface area is 49.2 Å². The summed E-state index contributed by atoms with van der Waals surface area (Å²) >= 11 is 0. The molecule has 8 heavy (non-hydrogen) atoms. The molecule has 0 aromatic heterocycles. The lowest BCUT2D eigenvalue weighted by molar-refractivity contribution is -0.139. The van der Waals surface area contributed by atoms with Gasteiger partial charge in [0, 0.05) is 0 Å². The molecule has 0 spiro atoms. The van der Waals surface area contributed by atoms with Gasteiger partial charge in [-0.05, 0) is 14.1 Å². The summed E-state index contributed by atoms with van der Waals surface area (Å²) in [6, 6.07) is 0. The summed E-state index contributed by atoms with van der Waals surface area (Å²) in [7, 11) is 6.54. The third-order valence-corrected chi connectivity index (χ3v) is 0.606. The van der Waals surface area contributed by atoms with Crippen LogP contribution in [-0.4, -0.2) is 31.5 Å². The van der Waals surface area contributed by atoms with Crippen LogP contribution < -0.4 is 0 Å². The minimum Gasteiger partial charge on any atom is -0.461 e. The molecule has 0 unspecified atom stereocenters. The first-order valence-electron chi connectivity index (χ1n) is 2.26. The highest BCUT2D eigenvalue weighted by atomic mass is 16.5. The number of hydrogen-bond donors (Lipinski definition) is 0. The number of carbonyl (C=O) groups excluding carboxylic acids is 1. The second kappa shape index (κ2) is 3.43. The van der Waals surface area contributed by atoms with Gasteiger partial charge in [-0.3, -0.25) is 9.69 Å². The topological polar surface area (TPSA) is 29.5 Å². The number of likely N-dealkylation sites (N-methyl/N-ethyl adjacent to an activating group) is 1. The number of esters is 1. The van der Waals surface area contributed by atoms with E-state index in [-0.39, 0.29) is 5.97 Å². The maximum atomic E-state index is 10.3. The third kappa shape index (κ3) is 3.61. The number of rotatable bonds is 2. The molecule has 0 N–H and O–H groups in total. The van der Waals surface area contributed by atoms with Gasteiger partial charge < -0.3 is 4.74 Å². The van der Waals surface area contributed by atoms with Crippen molar-refractivity contribution in [3.8, 4) is 0 Å². The summed E-state index contributed by atoms with van der Waals surface area (Å²) in [5.41, 5.74) is 0. The molecule has 0 saturated heterocycles. The van der Waals surface area contributed by atoms with Crippen molar-refractivity contribution in [2.45, 2.75) is 0 Å². The first kappa shape index (κ1) is 7.43. The lowest BCUT2D eigenvalue weighted by Crippen LogP contribution is -2.21. The molecule has 3 heteroatoms. The zero-order valence-corrected chi connectivity index (χ0v) is 5.18. The van der Waals surface area contributed by atoms with Gasteiger partial charge in [-0.15, -0.1) is 0 Å². The molecule has 0 aliphatic carbocycles. The van der Waals surface area contributed by atoms with Crippen LogP contribution in [0, 0.1) is 7.11 Å². The second-order valence-corrected chi connectivity index (χ2v) is 1.75. The quantitative estimate of drug-likeness (QED) is 0.471. The molecule has 0 rings (SSSR count). The standard InChI is InChI=1S/C5H10NO2/c1-6(2)4-5(7)8-3/h3-4H2,1-2H3. The average Bonchev–Trinajstić information content (AvgIpc) is 1.65. The molecule has 0 atom stereocenters. The van der Waals surface area contributed by atoms with E-state index in [0.29, 0.717) is 6.54 Å². The van der Waals surface area contributed by atoms with Crippen molar-refractivity contribution in [2.75, 3.05) is 20.6 Å². The highest BCUT2D eigenvalue weighted by Gasteiger charge is 1.98. The Morgan fingerprint density at radius 2 is 2.25 bits per heavy atom.